The predicted molar refractivity (Wildman–Crippen MR) is 71.6 cm³/mol. The molecule has 0 spiro atoms. The SMILES string of the molecule is CCN(CCO)C(=O)C1CCNc2ccccc21. The number of fused-ring (bicyclic) bond motifs is 1. The lowest BCUT2D eigenvalue weighted by Gasteiger charge is -2.30. The van der Waals surface area contributed by atoms with Crippen LogP contribution in [0.1, 0.15) is 24.8 Å². The second kappa shape index (κ2) is 5.87. The minimum atomic E-state index is -0.0750. The first kappa shape index (κ1) is 12.9. The molecule has 18 heavy (non-hydrogen) atoms. The highest BCUT2D eigenvalue weighted by Crippen LogP contribution is 2.32. The molecule has 0 fully saturated rings. The number of carbonyl (C=O) groups is 1. The standard InChI is InChI=1S/C14H20N2O2/c1-2-16(9-10-17)14(18)12-7-8-15-13-6-4-3-5-11(12)13/h3-6,12,15,17H,2,7-10H2,1H3. The van der Waals surface area contributed by atoms with Gasteiger partial charge < -0.3 is 15.3 Å². The first-order valence-corrected chi connectivity index (χ1v) is 6.50. The third-order valence-corrected chi connectivity index (χ3v) is 3.45. The average molecular weight is 248 g/mol. The number of rotatable bonds is 4. The Balaban J connectivity index is 2.21. The number of nitrogens with one attached hydrogen (secondary N) is 1. The van der Waals surface area contributed by atoms with E-state index in [1.165, 1.54) is 0 Å². The Bertz CT molecular complexity index is 420. The molecule has 1 aliphatic rings. The van der Waals surface area contributed by atoms with Gasteiger partial charge in [-0.15, -0.1) is 0 Å². The van der Waals surface area contributed by atoms with E-state index in [0.717, 1.165) is 24.2 Å². The molecule has 1 aliphatic heterocycles. The number of aliphatic hydroxyl groups is 1. The molecule has 2 rings (SSSR count). The van der Waals surface area contributed by atoms with Gasteiger partial charge in [0.1, 0.15) is 0 Å². The second-order valence-electron chi connectivity index (χ2n) is 4.50. The van der Waals surface area contributed by atoms with Gasteiger partial charge in [-0.05, 0) is 25.0 Å². The topological polar surface area (TPSA) is 52.6 Å². The number of nitrogens with zero attached hydrogens (tertiary/aromatic N) is 1. The second-order valence-corrected chi connectivity index (χ2v) is 4.50. The summed E-state index contributed by atoms with van der Waals surface area (Å²) in [5.74, 6) is 0.0504. The quantitative estimate of drug-likeness (QED) is 0.847. The highest BCUT2D eigenvalue weighted by molar-refractivity contribution is 5.86. The number of anilines is 1. The lowest BCUT2D eigenvalue weighted by atomic mass is 9.90. The number of hydrogen-bond acceptors (Lipinski definition) is 3. The molecule has 2 N–H and O–H groups in total. The molecule has 0 saturated heterocycles. The molecule has 1 heterocycles. The summed E-state index contributed by atoms with van der Waals surface area (Å²) in [5, 5.41) is 12.3. The summed E-state index contributed by atoms with van der Waals surface area (Å²) < 4.78 is 0. The van der Waals surface area contributed by atoms with Crippen molar-refractivity contribution in [2.24, 2.45) is 0 Å². The van der Waals surface area contributed by atoms with Crippen molar-refractivity contribution in [2.75, 3.05) is 31.6 Å². The lowest BCUT2D eigenvalue weighted by molar-refractivity contribution is -0.133. The highest BCUT2D eigenvalue weighted by Gasteiger charge is 2.28. The molecule has 1 aromatic carbocycles. The fraction of sp³-hybridized carbons (Fsp3) is 0.500. The Labute approximate surface area is 108 Å². The van der Waals surface area contributed by atoms with E-state index >= 15 is 0 Å². The van der Waals surface area contributed by atoms with Gasteiger partial charge in [-0.25, -0.2) is 0 Å². The van der Waals surface area contributed by atoms with E-state index in [1.807, 2.05) is 31.2 Å². The summed E-state index contributed by atoms with van der Waals surface area (Å²) in [4.78, 5) is 14.2. The van der Waals surface area contributed by atoms with Crippen LogP contribution in [0.25, 0.3) is 0 Å². The Morgan fingerprint density at radius 2 is 2.28 bits per heavy atom. The zero-order valence-electron chi connectivity index (χ0n) is 10.7. The van der Waals surface area contributed by atoms with Gasteiger partial charge in [-0.1, -0.05) is 18.2 Å². The monoisotopic (exact) mass is 248 g/mol. The molecular weight excluding hydrogens is 228 g/mol. The van der Waals surface area contributed by atoms with Gasteiger partial charge in [0.2, 0.25) is 5.91 Å². The van der Waals surface area contributed by atoms with E-state index in [9.17, 15) is 4.79 Å². The molecule has 0 saturated carbocycles. The average Bonchev–Trinajstić information content (AvgIpc) is 2.43. The number of hydrogen-bond donors (Lipinski definition) is 2. The van der Waals surface area contributed by atoms with Crippen LogP contribution >= 0.6 is 0 Å². The fourth-order valence-electron chi connectivity index (χ4n) is 2.49. The third kappa shape index (κ3) is 2.48. The van der Waals surface area contributed by atoms with Crippen LogP contribution in [0.4, 0.5) is 5.69 Å². The van der Waals surface area contributed by atoms with Gasteiger partial charge in [-0.2, -0.15) is 0 Å². The van der Waals surface area contributed by atoms with Crippen LogP contribution in [0.15, 0.2) is 24.3 Å². The maximum Gasteiger partial charge on any atom is 0.230 e. The van der Waals surface area contributed by atoms with Crippen LogP contribution < -0.4 is 5.32 Å². The van der Waals surface area contributed by atoms with Crippen molar-refractivity contribution in [1.82, 2.24) is 4.90 Å². The van der Waals surface area contributed by atoms with Gasteiger partial charge in [0.15, 0.2) is 0 Å². The van der Waals surface area contributed by atoms with Crippen LogP contribution in [-0.4, -0.2) is 42.2 Å². The highest BCUT2D eigenvalue weighted by atomic mass is 16.3. The zero-order valence-corrected chi connectivity index (χ0v) is 10.7. The van der Waals surface area contributed by atoms with Crippen LogP contribution in [-0.2, 0) is 4.79 Å². The largest absolute Gasteiger partial charge is 0.395 e. The van der Waals surface area contributed by atoms with Crippen LogP contribution in [0, 0.1) is 0 Å². The normalized spacial score (nSPS) is 17.8. The minimum absolute atomic E-state index is 0.0200. The van der Waals surface area contributed by atoms with Crippen molar-refractivity contribution in [3.05, 3.63) is 29.8 Å². The van der Waals surface area contributed by atoms with Gasteiger partial charge in [0.05, 0.1) is 12.5 Å². The van der Waals surface area contributed by atoms with E-state index in [4.69, 9.17) is 5.11 Å². The first-order valence-electron chi connectivity index (χ1n) is 6.50. The zero-order chi connectivity index (χ0) is 13.0. The van der Waals surface area contributed by atoms with Gasteiger partial charge in [0.25, 0.3) is 0 Å². The van der Waals surface area contributed by atoms with E-state index in [2.05, 4.69) is 5.32 Å². The van der Waals surface area contributed by atoms with E-state index in [-0.39, 0.29) is 18.4 Å². The van der Waals surface area contributed by atoms with Crippen LogP contribution in [0.5, 0.6) is 0 Å². The van der Waals surface area contributed by atoms with Crippen molar-refractivity contribution in [2.45, 2.75) is 19.3 Å². The molecule has 0 aromatic heterocycles. The van der Waals surface area contributed by atoms with Crippen molar-refractivity contribution in [3.8, 4) is 0 Å². The molecule has 0 aliphatic carbocycles. The van der Waals surface area contributed by atoms with Crippen LogP contribution in [0.2, 0.25) is 0 Å². The Morgan fingerprint density at radius 1 is 1.50 bits per heavy atom. The minimum Gasteiger partial charge on any atom is -0.395 e. The molecule has 98 valence electrons. The summed E-state index contributed by atoms with van der Waals surface area (Å²) in [6.45, 7) is 3.85. The van der Waals surface area contributed by atoms with Crippen molar-refractivity contribution in [3.63, 3.8) is 0 Å². The Morgan fingerprint density at radius 3 is 3.00 bits per heavy atom. The third-order valence-electron chi connectivity index (χ3n) is 3.45. The van der Waals surface area contributed by atoms with Crippen molar-refractivity contribution in [1.29, 1.82) is 0 Å². The molecule has 1 atom stereocenters. The molecule has 0 bridgehead atoms. The van der Waals surface area contributed by atoms with Crippen molar-refractivity contribution >= 4 is 11.6 Å². The predicted octanol–water partition coefficient (Wildman–Crippen LogP) is 1.43. The summed E-state index contributed by atoms with van der Waals surface area (Å²) in [6.07, 6.45) is 0.817. The molecule has 4 heteroatoms. The molecule has 0 radical (unpaired) electrons. The van der Waals surface area contributed by atoms with Gasteiger partial charge in [-0.3, -0.25) is 4.79 Å². The van der Waals surface area contributed by atoms with Gasteiger partial charge in [0, 0.05) is 25.3 Å². The summed E-state index contributed by atoms with van der Waals surface area (Å²) in [5.41, 5.74) is 2.13. The molecule has 4 nitrogen and oxygen atoms in total. The number of likely N-dealkylation sites (N-methyl/N-ethyl adjacent to an activating group) is 1. The summed E-state index contributed by atoms with van der Waals surface area (Å²) in [7, 11) is 0. The molecule has 1 unspecified atom stereocenters. The van der Waals surface area contributed by atoms with E-state index < -0.39 is 0 Å². The number of amides is 1. The Hall–Kier alpha value is -1.55. The van der Waals surface area contributed by atoms with E-state index in [1.54, 1.807) is 4.90 Å². The number of benzene rings is 1. The molecular formula is C14H20N2O2. The smallest absolute Gasteiger partial charge is 0.230 e. The fourth-order valence-corrected chi connectivity index (χ4v) is 2.49. The molecule has 1 amide bonds. The number of aliphatic hydroxyl groups excluding tert-OH is 1. The summed E-state index contributed by atoms with van der Waals surface area (Å²) >= 11 is 0. The summed E-state index contributed by atoms with van der Waals surface area (Å²) in [6, 6.07) is 7.96. The maximum absolute atomic E-state index is 12.5. The van der Waals surface area contributed by atoms with Gasteiger partial charge >= 0.3 is 0 Å². The van der Waals surface area contributed by atoms with Crippen LogP contribution in [0.3, 0.4) is 0 Å². The van der Waals surface area contributed by atoms with E-state index in [0.29, 0.717) is 13.1 Å². The maximum atomic E-state index is 12.5. The number of carbonyl (C=O) groups excluding carboxylic acids is 1. The Kier molecular flexibility index (Phi) is 4.20. The first-order chi connectivity index (χ1) is 8.77. The molecule has 1 aromatic rings. The lowest BCUT2D eigenvalue weighted by Crippen LogP contribution is -2.38. The number of para-hydroxylation sites is 1. The van der Waals surface area contributed by atoms with Crippen molar-refractivity contribution < 1.29 is 9.90 Å².